The van der Waals surface area contributed by atoms with Gasteiger partial charge in [0, 0.05) is 24.3 Å². The Morgan fingerprint density at radius 3 is 2.27 bits per heavy atom. The Bertz CT molecular complexity index is 1170. The van der Waals surface area contributed by atoms with Gasteiger partial charge in [0.15, 0.2) is 12.6 Å². The number of esters is 1. The number of hydrogen-bond acceptors (Lipinski definition) is 5. The van der Waals surface area contributed by atoms with Gasteiger partial charge in [0.1, 0.15) is 6.54 Å². The molecular weight excluding hydrogens is 486 g/mol. The molecule has 4 aliphatic rings. The van der Waals surface area contributed by atoms with Crippen LogP contribution < -0.4 is 12.4 Å². The maximum Gasteiger partial charge on any atom is 0.317 e. The molecule has 2 aromatic carbocycles. The Morgan fingerprint density at radius 1 is 0.946 bits per heavy atom. The predicted octanol–water partition coefficient (Wildman–Crippen LogP) is 2.69. The molecule has 0 radical (unpaired) electrons. The van der Waals surface area contributed by atoms with Crippen LogP contribution in [-0.2, 0) is 21.5 Å². The van der Waals surface area contributed by atoms with Crippen molar-refractivity contribution in [2.75, 3.05) is 19.6 Å². The van der Waals surface area contributed by atoms with Crippen molar-refractivity contribution in [2.24, 2.45) is 5.92 Å². The average molecular weight is 522 g/mol. The van der Waals surface area contributed by atoms with E-state index in [0.717, 1.165) is 73.8 Å². The number of benzene rings is 2. The van der Waals surface area contributed by atoms with E-state index in [1.54, 1.807) is 0 Å². The molecule has 3 aliphatic heterocycles. The van der Waals surface area contributed by atoms with Crippen LogP contribution in [0.5, 0.6) is 0 Å². The monoisotopic (exact) mass is 521 g/mol. The Morgan fingerprint density at radius 2 is 1.59 bits per heavy atom. The minimum Gasteiger partial charge on any atom is -1.00 e. The first-order chi connectivity index (χ1) is 17.7. The minimum atomic E-state index is -0.508. The van der Waals surface area contributed by atoms with E-state index in [4.69, 9.17) is 14.2 Å². The normalized spacial score (nSPS) is 26.6. The molecule has 1 aliphatic carbocycles. The second-order valence-corrected chi connectivity index (χ2v) is 11.2. The first kappa shape index (κ1) is 25.9. The number of fused-ring (bicyclic) bond motifs is 3. The number of hydrogen-bond donors (Lipinski definition) is 0. The third-order valence-electron chi connectivity index (χ3n) is 8.94. The Balaban J connectivity index is 0.00000280. The number of halogens is 1. The predicted molar refractivity (Wildman–Crippen MR) is 137 cm³/mol. The van der Waals surface area contributed by atoms with Crippen molar-refractivity contribution >= 4 is 5.97 Å². The van der Waals surface area contributed by atoms with Crippen LogP contribution >= 0.6 is 0 Å². The maximum atomic E-state index is 14.0. The van der Waals surface area contributed by atoms with Crippen molar-refractivity contribution in [2.45, 2.75) is 69.4 Å². The van der Waals surface area contributed by atoms with Gasteiger partial charge >= 0.3 is 5.97 Å². The van der Waals surface area contributed by atoms with E-state index < -0.39 is 5.41 Å². The minimum absolute atomic E-state index is 0. The number of ether oxygens (including phenoxy) is 1. The molecule has 4 heterocycles. The zero-order chi connectivity index (χ0) is 24.4. The highest BCUT2D eigenvalue weighted by molar-refractivity contribution is 5.83. The molecule has 3 saturated heterocycles. The standard InChI is InChI=1S/C30H36N3O3.ClH/c34-29(30(17-9-1-2-10-18-30)25-13-7-4-8-14-25)35-26-21-33(19-15-23(26)16-20-33)22-27-31-28(32-36-27)24-11-5-3-6-12-24;/h3-8,11-14,23,26H,1-2,9-10,15-22H2;1H/q+1;/p-1/t23?,26-,33?;/m0./s1. The molecule has 1 saturated carbocycles. The number of quaternary nitrogens is 1. The van der Waals surface area contributed by atoms with Gasteiger partial charge in [0.2, 0.25) is 5.82 Å². The quantitative estimate of drug-likeness (QED) is 0.283. The molecule has 0 amide bonds. The fraction of sp³-hybridized carbons (Fsp3) is 0.500. The first-order valence-corrected chi connectivity index (χ1v) is 13.7. The lowest BCUT2D eigenvalue weighted by atomic mass is 9.74. The molecule has 6 nitrogen and oxygen atoms in total. The maximum absolute atomic E-state index is 14.0. The highest BCUT2D eigenvalue weighted by Gasteiger charge is 2.51. The molecule has 1 atom stereocenters. The smallest absolute Gasteiger partial charge is 0.317 e. The van der Waals surface area contributed by atoms with Crippen LogP contribution in [0, 0.1) is 5.92 Å². The van der Waals surface area contributed by atoms with Gasteiger partial charge in [-0.15, -0.1) is 0 Å². The third kappa shape index (κ3) is 5.19. The number of carbonyl (C=O) groups is 1. The topological polar surface area (TPSA) is 65.2 Å². The number of nitrogens with zero attached hydrogens (tertiary/aromatic N) is 3. The molecule has 0 unspecified atom stereocenters. The summed E-state index contributed by atoms with van der Waals surface area (Å²) in [6.07, 6.45) is 8.45. The summed E-state index contributed by atoms with van der Waals surface area (Å²) in [7, 11) is 0. The second-order valence-electron chi connectivity index (χ2n) is 11.2. The zero-order valence-corrected chi connectivity index (χ0v) is 22.1. The second kappa shape index (κ2) is 11.0. The lowest BCUT2D eigenvalue weighted by Crippen LogP contribution is -3.00. The molecule has 3 aromatic rings. The van der Waals surface area contributed by atoms with Crippen molar-refractivity contribution in [3.05, 3.63) is 72.1 Å². The van der Waals surface area contributed by atoms with Gasteiger partial charge in [0.25, 0.3) is 5.89 Å². The van der Waals surface area contributed by atoms with Crippen LogP contribution in [0.25, 0.3) is 11.4 Å². The third-order valence-corrected chi connectivity index (χ3v) is 8.94. The van der Waals surface area contributed by atoms with Crippen LogP contribution in [0.4, 0.5) is 0 Å². The number of rotatable bonds is 6. The largest absolute Gasteiger partial charge is 1.00 e. The molecule has 196 valence electrons. The SMILES string of the molecule is O=C(O[C@H]1C[N+]2(Cc3nc(-c4ccccc4)no3)CCC1CC2)C1(c2ccccc2)CCCCCC1.[Cl-]. The van der Waals surface area contributed by atoms with Crippen LogP contribution in [0.3, 0.4) is 0 Å². The van der Waals surface area contributed by atoms with Crippen molar-refractivity contribution in [1.82, 2.24) is 10.1 Å². The number of aromatic nitrogens is 2. The fourth-order valence-corrected chi connectivity index (χ4v) is 6.84. The Labute approximate surface area is 225 Å². The highest BCUT2D eigenvalue weighted by atomic mass is 35.5. The van der Waals surface area contributed by atoms with Crippen molar-refractivity contribution < 1.29 is 30.9 Å². The molecule has 2 bridgehead atoms. The van der Waals surface area contributed by atoms with Gasteiger partial charge in [-0.25, -0.2) is 0 Å². The van der Waals surface area contributed by atoms with Gasteiger partial charge in [-0.05, 0) is 18.4 Å². The van der Waals surface area contributed by atoms with E-state index in [-0.39, 0.29) is 24.5 Å². The van der Waals surface area contributed by atoms with Gasteiger partial charge < -0.3 is 26.2 Å². The molecule has 0 spiro atoms. The molecular formula is C30H36ClN3O3. The Hall–Kier alpha value is -2.70. The van der Waals surface area contributed by atoms with Crippen LogP contribution in [-0.4, -0.2) is 46.3 Å². The van der Waals surface area contributed by atoms with E-state index >= 15 is 0 Å². The summed E-state index contributed by atoms with van der Waals surface area (Å²) in [6, 6.07) is 20.3. The van der Waals surface area contributed by atoms with Gasteiger partial charge in [-0.2, -0.15) is 4.98 Å². The number of carbonyl (C=O) groups excluding carboxylic acids is 1. The van der Waals surface area contributed by atoms with Crippen LogP contribution in [0.15, 0.2) is 65.2 Å². The Kier molecular flexibility index (Phi) is 7.68. The molecule has 7 rings (SSSR count). The van der Waals surface area contributed by atoms with Crippen molar-refractivity contribution in [3.8, 4) is 11.4 Å². The molecule has 0 N–H and O–H groups in total. The molecule has 1 aromatic heterocycles. The van der Waals surface area contributed by atoms with E-state index in [1.807, 2.05) is 36.4 Å². The molecule has 37 heavy (non-hydrogen) atoms. The summed E-state index contributed by atoms with van der Waals surface area (Å²) in [5.41, 5.74) is 1.58. The van der Waals surface area contributed by atoms with Gasteiger partial charge in [-0.1, -0.05) is 91.5 Å². The molecule has 4 fully saturated rings. The summed E-state index contributed by atoms with van der Waals surface area (Å²) in [5, 5.41) is 4.23. The molecule has 7 heteroatoms. The van der Waals surface area contributed by atoms with E-state index in [9.17, 15) is 4.79 Å². The number of piperidine rings is 3. The lowest BCUT2D eigenvalue weighted by Gasteiger charge is -2.51. The van der Waals surface area contributed by atoms with E-state index in [1.165, 1.54) is 12.8 Å². The van der Waals surface area contributed by atoms with Crippen molar-refractivity contribution in [3.63, 3.8) is 0 Å². The summed E-state index contributed by atoms with van der Waals surface area (Å²) >= 11 is 0. The zero-order valence-electron chi connectivity index (χ0n) is 21.4. The summed E-state index contributed by atoms with van der Waals surface area (Å²) in [6.45, 7) is 3.69. The summed E-state index contributed by atoms with van der Waals surface area (Å²) in [5.74, 6) is 1.76. The van der Waals surface area contributed by atoms with Gasteiger partial charge in [-0.3, -0.25) is 4.79 Å². The van der Waals surface area contributed by atoms with Gasteiger partial charge in [0.05, 0.1) is 18.5 Å². The fourth-order valence-electron chi connectivity index (χ4n) is 6.84. The average Bonchev–Trinajstić information content (AvgIpc) is 3.23. The van der Waals surface area contributed by atoms with Crippen LogP contribution in [0.2, 0.25) is 0 Å². The highest BCUT2D eigenvalue weighted by Crippen LogP contribution is 2.42. The summed E-state index contributed by atoms with van der Waals surface area (Å²) < 4.78 is 13.0. The van der Waals surface area contributed by atoms with Crippen LogP contribution in [0.1, 0.15) is 62.8 Å². The first-order valence-electron chi connectivity index (χ1n) is 13.7. The van der Waals surface area contributed by atoms with E-state index in [0.29, 0.717) is 24.2 Å². The van der Waals surface area contributed by atoms with E-state index in [2.05, 4.69) is 29.4 Å². The van der Waals surface area contributed by atoms with Crippen molar-refractivity contribution in [1.29, 1.82) is 0 Å². The summed E-state index contributed by atoms with van der Waals surface area (Å²) in [4.78, 5) is 18.7. The lowest BCUT2D eigenvalue weighted by molar-refractivity contribution is -0.959.